The van der Waals surface area contributed by atoms with Gasteiger partial charge >= 0.3 is 0 Å². The van der Waals surface area contributed by atoms with Gasteiger partial charge in [0.25, 0.3) is 0 Å². The normalized spacial score (nSPS) is 10.2. The summed E-state index contributed by atoms with van der Waals surface area (Å²) >= 11 is 0. The smallest absolute Gasteiger partial charge is 0.237 e. The first kappa shape index (κ1) is 14.0. The number of amidine groups is 1. The molecule has 0 amide bonds. The summed E-state index contributed by atoms with van der Waals surface area (Å²) in [6, 6.07) is 7.96. The van der Waals surface area contributed by atoms with Crippen LogP contribution in [0.3, 0.4) is 0 Å². The van der Waals surface area contributed by atoms with Crippen molar-refractivity contribution >= 4 is 5.84 Å². The number of nitrogens with zero attached hydrogens (tertiary/aromatic N) is 2. The SMILES string of the molecule is CCCCc1ccc(Oc2cnc(C(=N)N)cn2)cc1. The lowest BCUT2D eigenvalue weighted by Crippen LogP contribution is -2.13. The maximum atomic E-state index is 7.24. The molecule has 2 aromatic rings. The Kier molecular flexibility index (Phi) is 4.65. The van der Waals surface area contributed by atoms with Gasteiger partial charge in [-0.2, -0.15) is 0 Å². The molecule has 1 heterocycles. The molecule has 0 saturated carbocycles. The number of nitrogens with two attached hydrogens (primary N) is 1. The fourth-order valence-corrected chi connectivity index (χ4v) is 1.73. The Morgan fingerprint density at radius 2 is 1.95 bits per heavy atom. The zero-order valence-electron chi connectivity index (χ0n) is 11.5. The number of benzene rings is 1. The van der Waals surface area contributed by atoms with E-state index in [0.717, 1.165) is 12.2 Å². The first-order chi connectivity index (χ1) is 9.69. The topological polar surface area (TPSA) is 84.9 Å². The third kappa shape index (κ3) is 3.78. The summed E-state index contributed by atoms with van der Waals surface area (Å²) in [6.07, 6.45) is 6.35. The molecule has 20 heavy (non-hydrogen) atoms. The summed E-state index contributed by atoms with van der Waals surface area (Å²) in [5, 5.41) is 7.24. The summed E-state index contributed by atoms with van der Waals surface area (Å²) in [7, 11) is 0. The van der Waals surface area contributed by atoms with Crippen LogP contribution in [-0.4, -0.2) is 15.8 Å². The van der Waals surface area contributed by atoms with Gasteiger partial charge in [-0.05, 0) is 30.5 Å². The average Bonchev–Trinajstić information content (AvgIpc) is 2.47. The number of rotatable bonds is 6. The molecule has 0 aliphatic rings. The summed E-state index contributed by atoms with van der Waals surface area (Å²) in [5.74, 6) is 0.996. The molecule has 5 heteroatoms. The van der Waals surface area contributed by atoms with Crippen LogP contribution in [0.5, 0.6) is 11.6 Å². The predicted molar refractivity (Wildman–Crippen MR) is 78.2 cm³/mol. The lowest BCUT2D eigenvalue weighted by atomic mass is 10.1. The van der Waals surface area contributed by atoms with E-state index in [1.807, 2.05) is 12.1 Å². The highest BCUT2D eigenvalue weighted by atomic mass is 16.5. The minimum atomic E-state index is -0.107. The van der Waals surface area contributed by atoms with Crippen molar-refractivity contribution in [3.8, 4) is 11.6 Å². The van der Waals surface area contributed by atoms with Crippen LogP contribution in [0, 0.1) is 5.41 Å². The molecular formula is C15H18N4O. The number of hydrogen-bond acceptors (Lipinski definition) is 4. The number of ether oxygens (including phenoxy) is 1. The molecule has 0 saturated heterocycles. The number of aryl methyl sites for hydroxylation is 1. The van der Waals surface area contributed by atoms with Crippen molar-refractivity contribution in [3.63, 3.8) is 0 Å². The summed E-state index contributed by atoms with van der Waals surface area (Å²) in [5.41, 5.74) is 6.96. The maximum absolute atomic E-state index is 7.24. The molecule has 1 aromatic heterocycles. The van der Waals surface area contributed by atoms with Crippen LogP contribution in [0.2, 0.25) is 0 Å². The van der Waals surface area contributed by atoms with E-state index in [1.54, 1.807) is 0 Å². The van der Waals surface area contributed by atoms with Crippen molar-refractivity contribution in [3.05, 3.63) is 47.9 Å². The first-order valence-electron chi connectivity index (χ1n) is 6.62. The highest BCUT2D eigenvalue weighted by Gasteiger charge is 2.02. The average molecular weight is 270 g/mol. The molecule has 0 fully saturated rings. The predicted octanol–water partition coefficient (Wildman–Crippen LogP) is 2.90. The van der Waals surface area contributed by atoms with Crippen LogP contribution in [0.25, 0.3) is 0 Å². The standard InChI is InChI=1S/C15H18N4O/c1-2-3-4-11-5-7-12(8-6-11)20-14-10-18-13(9-19-14)15(16)17/h5-10H,2-4H2,1H3,(H3,16,17). The van der Waals surface area contributed by atoms with Gasteiger partial charge in [0.15, 0.2) is 0 Å². The van der Waals surface area contributed by atoms with Gasteiger partial charge in [0, 0.05) is 0 Å². The van der Waals surface area contributed by atoms with Gasteiger partial charge in [-0.15, -0.1) is 0 Å². The molecular weight excluding hydrogens is 252 g/mol. The Morgan fingerprint density at radius 1 is 1.20 bits per heavy atom. The quantitative estimate of drug-likeness (QED) is 0.624. The molecule has 0 bridgehead atoms. The minimum absolute atomic E-state index is 0.107. The summed E-state index contributed by atoms with van der Waals surface area (Å²) in [6.45, 7) is 2.18. The maximum Gasteiger partial charge on any atom is 0.237 e. The number of nitrogens with one attached hydrogen (secondary N) is 1. The van der Waals surface area contributed by atoms with Crippen LogP contribution >= 0.6 is 0 Å². The Morgan fingerprint density at radius 3 is 2.50 bits per heavy atom. The number of hydrogen-bond donors (Lipinski definition) is 2. The largest absolute Gasteiger partial charge is 0.438 e. The number of nitrogen functional groups attached to an aromatic ring is 1. The van der Waals surface area contributed by atoms with Gasteiger partial charge < -0.3 is 10.5 Å². The van der Waals surface area contributed by atoms with Gasteiger partial charge in [0.2, 0.25) is 5.88 Å². The van der Waals surface area contributed by atoms with Gasteiger partial charge in [-0.1, -0.05) is 25.5 Å². The van der Waals surface area contributed by atoms with E-state index in [4.69, 9.17) is 15.9 Å². The van der Waals surface area contributed by atoms with Gasteiger partial charge in [0.05, 0.1) is 12.4 Å². The lowest BCUT2D eigenvalue weighted by Gasteiger charge is -2.06. The Labute approximate surface area is 118 Å². The Hall–Kier alpha value is -2.43. The molecule has 0 aliphatic carbocycles. The second-order valence-electron chi connectivity index (χ2n) is 4.50. The van der Waals surface area contributed by atoms with Crippen molar-refractivity contribution in [2.75, 3.05) is 0 Å². The zero-order valence-corrected chi connectivity index (χ0v) is 11.5. The van der Waals surface area contributed by atoms with Crippen molar-refractivity contribution in [2.24, 2.45) is 5.73 Å². The van der Waals surface area contributed by atoms with E-state index in [1.165, 1.54) is 30.8 Å². The van der Waals surface area contributed by atoms with Crippen LogP contribution in [0.15, 0.2) is 36.7 Å². The highest BCUT2D eigenvalue weighted by Crippen LogP contribution is 2.19. The Balaban J connectivity index is 2.00. The Bertz CT molecular complexity index is 563. The molecule has 0 aliphatic heterocycles. The fraction of sp³-hybridized carbons (Fsp3) is 0.267. The molecule has 0 unspecified atom stereocenters. The molecule has 5 nitrogen and oxygen atoms in total. The van der Waals surface area contributed by atoms with Crippen LogP contribution in [-0.2, 0) is 6.42 Å². The van der Waals surface area contributed by atoms with Crippen molar-refractivity contribution < 1.29 is 4.74 Å². The third-order valence-electron chi connectivity index (χ3n) is 2.87. The van der Waals surface area contributed by atoms with Crippen LogP contribution < -0.4 is 10.5 Å². The molecule has 104 valence electrons. The molecule has 1 aromatic carbocycles. The van der Waals surface area contributed by atoms with E-state index < -0.39 is 0 Å². The van der Waals surface area contributed by atoms with Crippen molar-refractivity contribution in [2.45, 2.75) is 26.2 Å². The van der Waals surface area contributed by atoms with E-state index in [9.17, 15) is 0 Å². The minimum Gasteiger partial charge on any atom is -0.438 e. The van der Waals surface area contributed by atoms with Gasteiger partial charge in [-0.3, -0.25) is 5.41 Å². The second kappa shape index (κ2) is 6.65. The van der Waals surface area contributed by atoms with Crippen LogP contribution in [0.1, 0.15) is 31.0 Å². The molecule has 0 radical (unpaired) electrons. The fourth-order valence-electron chi connectivity index (χ4n) is 1.73. The van der Waals surface area contributed by atoms with E-state index in [2.05, 4.69) is 29.0 Å². The van der Waals surface area contributed by atoms with Crippen molar-refractivity contribution in [1.82, 2.24) is 9.97 Å². The molecule has 2 rings (SSSR count). The highest BCUT2D eigenvalue weighted by molar-refractivity contribution is 5.92. The zero-order chi connectivity index (χ0) is 14.4. The molecule has 0 spiro atoms. The van der Waals surface area contributed by atoms with Gasteiger partial charge in [-0.25, -0.2) is 9.97 Å². The monoisotopic (exact) mass is 270 g/mol. The molecule has 0 atom stereocenters. The van der Waals surface area contributed by atoms with E-state index in [-0.39, 0.29) is 5.84 Å². The first-order valence-corrected chi connectivity index (χ1v) is 6.62. The lowest BCUT2D eigenvalue weighted by molar-refractivity contribution is 0.460. The van der Waals surface area contributed by atoms with Gasteiger partial charge in [0.1, 0.15) is 17.3 Å². The van der Waals surface area contributed by atoms with Crippen molar-refractivity contribution in [1.29, 1.82) is 5.41 Å². The second-order valence-corrected chi connectivity index (χ2v) is 4.50. The third-order valence-corrected chi connectivity index (χ3v) is 2.87. The van der Waals surface area contributed by atoms with Crippen LogP contribution in [0.4, 0.5) is 0 Å². The number of unbranched alkanes of at least 4 members (excludes halogenated alkanes) is 1. The van der Waals surface area contributed by atoms with E-state index in [0.29, 0.717) is 11.6 Å². The molecule has 3 N–H and O–H groups in total. The summed E-state index contributed by atoms with van der Waals surface area (Å²) < 4.78 is 5.59. The number of aromatic nitrogens is 2. The van der Waals surface area contributed by atoms with E-state index >= 15 is 0 Å². The summed E-state index contributed by atoms with van der Waals surface area (Å²) in [4.78, 5) is 8.06.